The SMILES string of the molecule is CCC(CC)(CO)CNC(C)C(=O)NCCC(C)C. The van der Waals surface area contributed by atoms with Gasteiger partial charge in [-0.25, -0.2) is 0 Å². The quantitative estimate of drug-likeness (QED) is 0.569. The Morgan fingerprint density at radius 3 is 2.21 bits per heavy atom. The van der Waals surface area contributed by atoms with Gasteiger partial charge in [-0.2, -0.15) is 0 Å². The molecule has 4 nitrogen and oxygen atoms in total. The zero-order chi connectivity index (χ0) is 14.9. The van der Waals surface area contributed by atoms with Gasteiger partial charge < -0.3 is 15.7 Å². The van der Waals surface area contributed by atoms with Crippen LogP contribution in [0, 0.1) is 11.3 Å². The first-order chi connectivity index (χ1) is 8.90. The van der Waals surface area contributed by atoms with Gasteiger partial charge in [-0.05, 0) is 32.1 Å². The predicted molar refractivity (Wildman–Crippen MR) is 80.0 cm³/mol. The largest absolute Gasteiger partial charge is 0.396 e. The summed E-state index contributed by atoms with van der Waals surface area (Å²) in [5, 5.41) is 15.7. The van der Waals surface area contributed by atoms with Crippen LogP contribution in [0.15, 0.2) is 0 Å². The third kappa shape index (κ3) is 6.92. The van der Waals surface area contributed by atoms with E-state index in [1.54, 1.807) is 0 Å². The Balaban J connectivity index is 4.08. The van der Waals surface area contributed by atoms with Crippen molar-refractivity contribution in [2.24, 2.45) is 11.3 Å². The summed E-state index contributed by atoms with van der Waals surface area (Å²) in [6.07, 6.45) is 2.83. The van der Waals surface area contributed by atoms with Crippen LogP contribution in [0.1, 0.15) is 53.9 Å². The van der Waals surface area contributed by atoms with Gasteiger partial charge >= 0.3 is 0 Å². The summed E-state index contributed by atoms with van der Waals surface area (Å²) in [7, 11) is 0. The lowest BCUT2D eigenvalue weighted by molar-refractivity contribution is -0.122. The zero-order valence-electron chi connectivity index (χ0n) is 13.3. The summed E-state index contributed by atoms with van der Waals surface area (Å²) in [6.45, 7) is 11.9. The number of hydrogen-bond donors (Lipinski definition) is 3. The number of hydrogen-bond acceptors (Lipinski definition) is 3. The number of aliphatic hydroxyl groups is 1. The van der Waals surface area contributed by atoms with Crippen LogP contribution in [0.3, 0.4) is 0 Å². The molecule has 0 rings (SSSR count). The summed E-state index contributed by atoms with van der Waals surface area (Å²) in [6, 6.07) is -0.212. The Bertz CT molecular complexity index is 242. The van der Waals surface area contributed by atoms with E-state index in [1.165, 1.54) is 0 Å². The third-order valence-corrected chi connectivity index (χ3v) is 4.03. The van der Waals surface area contributed by atoms with Gasteiger partial charge in [0.1, 0.15) is 0 Å². The van der Waals surface area contributed by atoms with Crippen molar-refractivity contribution in [1.82, 2.24) is 10.6 Å². The first kappa shape index (κ1) is 18.4. The molecular formula is C15H32N2O2. The molecule has 0 aromatic rings. The molecule has 0 aromatic heterocycles. The summed E-state index contributed by atoms with van der Waals surface area (Å²) in [4.78, 5) is 11.9. The molecule has 1 amide bonds. The number of amides is 1. The maximum atomic E-state index is 11.9. The van der Waals surface area contributed by atoms with Gasteiger partial charge in [0, 0.05) is 25.1 Å². The van der Waals surface area contributed by atoms with Crippen molar-refractivity contribution in [3.63, 3.8) is 0 Å². The second kappa shape index (κ2) is 9.32. The molecule has 0 radical (unpaired) electrons. The summed E-state index contributed by atoms with van der Waals surface area (Å²) < 4.78 is 0. The molecule has 0 heterocycles. The molecule has 0 aliphatic carbocycles. The number of aliphatic hydroxyl groups excluding tert-OH is 1. The van der Waals surface area contributed by atoms with E-state index >= 15 is 0 Å². The van der Waals surface area contributed by atoms with E-state index in [-0.39, 0.29) is 24.0 Å². The van der Waals surface area contributed by atoms with E-state index < -0.39 is 0 Å². The van der Waals surface area contributed by atoms with Gasteiger partial charge in [-0.1, -0.05) is 27.7 Å². The number of carbonyl (C=O) groups is 1. The molecule has 0 spiro atoms. The average Bonchev–Trinajstić information content (AvgIpc) is 2.40. The third-order valence-electron chi connectivity index (χ3n) is 4.03. The van der Waals surface area contributed by atoms with Crippen molar-refractivity contribution < 1.29 is 9.90 Å². The number of nitrogens with one attached hydrogen (secondary N) is 2. The van der Waals surface area contributed by atoms with Crippen molar-refractivity contribution in [3.8, 4) is 0 Å². The van der Waals surface area contributed by atoms with E-state index in [1.807, 2.05) is 6.92 Å². The smallest absolute Gasteiger partial charge is 0.236 e. The molecule has 114 valence electrons. The van der Waals surface area contributed by atoms with Crippen molar-refractivity contribution >= 4 is 5.91 Å². The van der Waals surface area contributed by atoms with Crippen molar-refractivity contribution in [1.29, 1.82) is 0 Å². The second-order valence-electron chi connectivity index (χ2n) is 5.94. The first-order valence-corrected chi connectivity index (χ1v) is 7.52. The lowest BCUT2D eigenvalue weighted by atomic mass is 9.83. The molecule has 0 aliphatic heterocycles. The molecule has 0 bridgehead atoms. The molecule has 0 saturated carbocycles. The van der Waals surface area contributed by atoms with Crippen LogP contribution in [0.5, 0.6) is 0 Å². The highest BCUT2D eigenvalue weighted by Gasteiger charge is 2.26. The Hall–Kier alpha value is -0.610. The molecule has 1 unspecified atom stereocenters. The Morgan fingerprint density at radius 1 is 1.21 bits per heavy atom. The van der Waals surface area contributed by atoms with E-state index in [2.05, 4.69) is 38.3 Å². The van der Waals surface area contributed by atoms with Crippen LogP contribution in [-0.2, 0) is 4.79 Å². The van der Waals surface area contributed by atoms with Gasteiger partial charge in [0.2, 0.25) is 5.91 Å². The van der Waals surface area contributed by atoms with Gasteiger partial charge in [0.25, 0.3) is 0 Å². The highest BCUT2D eigenvalue weighted by atomic mass is 16.3. The van der Waals surface area contributed by atoms with Crippen LogP contribution in [0.25, 0.3) is 0 Å². The fourth-order valence-corrected chi connectivity index (χ4v) is 1.88. The van der Waals surface area contributed by atoms with Gasteiger partial charge in [-0.15, -0.1) is 0 Å². The monoisotopic (exact) mass is 272 g/mol. The first-order valence-electron chi connectivity index (χ1n) is 7.52. The van der Waals surface area contributed by atoms with Crippen molar-refractivity contribution in [2.75, 3.05) is 19.7 Å². The number of carbonyl (C=O) groups excluding carboxylic acids is 1. The molecule has 0 saturated heterocycles. The fourth-order valence-electron chi connectivity index (χ4n) is 1.88. The standard InChI is InChI=1S/C15H32N2O2/c1-6-15(7-2,11-18)10-17-13(5)14(19)16-9-8-12(3)4/h12-13,17-18H,6-11H2,1-5H3,(H,16,19). The molecule has 0 aromatic carbocycles. The Labute approximate surface area is 118 Å². The predicted octanol–water partition coefficient (Wildman–Crippen LogP) is 1.93. The zero-order valence-corrected chi connectivity index (χ0v) is 13.3. The normalized spacial score (nSPS) is 13.6. The molecule has 0 aliphatic rings. The van der Waals surface area contributed by atoms with Crippen molar-refractivity contribution in [2.45, 2.75) is 59.9 Å². The van der Waals surface area contributed by atoms with Crippen LogP contribution < -0.4 is 10.6 Å². The number of rotatable bonds is 10. The fraction of sp³-hybridized carbons (Fsp3) is 0.933. The molecule has 19 heavy (non-hydrogen) atoms. The van der Waals surface area contributed by atoms with Gasteiger partial charge in [0.15, 0.2) is 0 Å². The van der Waals surface area contributed by atoms with Gasteiger partial charge in [-0.3, -0.25) is 4.79 Å². The van der Waals surface area contributed by atoms with Crippen molar-refractivity contribution in [3.05, 3.63) is 0 Å². The maximum Gasteiger partial charge on any atom is 0.236 e. The lowest BCUT2D eigenvalue weighted by Crippen LogP contribution is -2.47. The van der Waals surface area contributed by atoms with Crippen LogP contribution in [0.2, 0.25) is 0 Å². The molecule has 1 atom stereocenters. The lowest BCUT2D eigenvalue weighted by Gasteiger charge is -2.31. The van der Waals surface area contributed by atoms with E-state index in [0.717, 1.165) is 25.8 Å². The molecule has 3 N–H and O–H groups in total. The minimum Gasteiger partial charge on any atom is -0.396 e. The molecular weight excluding hydrogens is 240 g/mol. The average molecular weight is 272 g/mol. The van der Waals surface area contributed by atoms with Crippen LogP contribution in [0.4, 0.5) is 0 Å². The van der Waals surface area contributed by atoms with E-state index in [0.29, 0.717) is 12.5 Å². The molecule has 0 fully saturated rings. The minimum absolute atomic E-state index is 0.0414. The topological polar surface area (TPSA) is 61.4 Å². The maximum absolute atomic E-state index is 11.9. The van der Waals surface area contributed by atoms with E-state index in [4.69, 9.17) is 0 Å². The Morgan fingerprint density at radius 2 is 1.79 bits per heavy atom. The van der Waals surface area contributed by atoms with E-state index in [9.17, 15) is 9.90 Å². The minimum atomic E-state index is -0.212. The highest BCUT2D eigenvalue weighted by molar-refractivity contribution is 5.81. The second-order valence-corrected chi connectivity index (χ2v) is 5.94. The highest BCUT2D eigenvalue weighted by Crippen LogP contribution is 2.24. The summed E-state index contributed by atoms with van der Waals surface area (Å²) in [5.41, 5.74) is -0.105. The van der Waals surface area contributed by atoms with Crippen LogP contribution in [-0.4, -0.2) is 36.8 Å². The summed E-state index contributed by atoms with van der Waals surface area (Å²) >= 11 is 0. The van der Waals surface area contributed by atoms with Crippen LogP contribution >= 0.6 is 0 Å². The summed E-state index contributed by atoms with van der Waals surface area (Å²) in [5.74, 6) is 0.644. The Kier molecular flexibility index (Phi) is 9.02. The molecule has 4 heteroatoms. The van der Waals surface area contributed by atoms with Gasteiger partial charge in [0.05, 0.1) is 6.04 Å².